The van der Waals surface area contributed by atoms with E-state index in [-0.39, 0.29) is 5.78 Å². The van der Waals surface area contributed by atoms with Gasteiger partial charge in [0.25, 0.3) is 0 Å². The van der Waals surface area contributed by atoms with Crippen LogP contribution in [0.4, 0.5) is 5.69 Å². The van der Waals surface area contributed by atoms with Crippen molar-refractivity contribution in [2.45, 2.75) is 6.54 Å². The molecule has 0 atom stereocenters. The van der Waals surface area contributed by atoms with Crippen LogP contribution in [0, 0.1) is 0 Å². The summed E-state index contributed by atoms with van der Waals surface area (Å²) >= 11 is 10.7. The van der Waals surface area contributed by atoms with E-state index in [1.165, 1.54) is 11.3 Å². The highest BCUT2D eigenvalue weighted by molar-refractivity contribution is 9.10. The largest absolute Gasteiger partial charge is 0.379 e. The predicted molar refractivity (Wildman–Crippen MR) is 96.3 cm³/mol. The molecule has 0 fully saturated rings. The van der Waals surface area contributed by atoms with Crippen molar-refractivity contribution in [3.05, 3.63) is 73.9 Å². The maximum absolute atomic E-state index is 12.7. The van der Waals surface area contributed by atoms with E-state index in [1.807, 2.05) is 12.1 Å². The number of pyridine rings is 1. The Bertz CT molecular complexity index is 838. The molecule has 0 aliphatic carbocycles. The highest BCUT2D eigenvalue weighted by atomic mass is 79.9. The van der Waals surface area contributed by atoms with Crippen molar-refractivity contribution in [3.63, 3.8) is 0 Å². The molecule has 3 aromatic rings. The normalized spacial score (nSPS) is 10.5. The van der Waals surface area contributed by atoms with E-state index in [1.54, 1.807) is 36.7 Å². The zero-order valence-corrected chi connectivity index (χ0v) is 15.0. The zero-order valence-electron chi connectivity index (χ0n) is 11.8. The number of rotatable bonds is 5. The predicted octanol–water partition coefficient (Wildman–Crippen LogP) is 4.80. The van der Waals surface area contributed by atoms with Crippen LogP contribution >= 0.6 is 38.9 Å². The van der Waals surface area contributed by atoms with Crippen LogP contribution < -0.4 is 5.32 Å². The average molecular weight is 409 g/mol. The Hall–Kier alpha value is -1.76. The van der Waals surface area contributed by atoms with Crippen LogP contribution in [0.5, 0.6) is 0 Å². The van der Waals surface area contributed by atoms with Crippen LogP contribution in [0.2, 0.25) is 4.47 Å². The third-order valence-corrected chi connectivity index (χ3v) is 4.71. The van der Waals surface area contributed by atoms with E-state index < -0.39 is 0 Å². The first-order valence-electron chi connectivity index (χ1n) is 6.73. The summed E-state index contributed by atoms with van der Waals surface area (Å²) < 4.78 is 1.34. The molecule has 0 bridgehead atoms. The lowest BCUT2D eigenvalue weighted by Crippen LogP contribution is -2.09. The summed E-state index contributed by atoms with van der Waals surface area (Å²) in [6.45, 7) is 0.550. The number of carbonyl (C=O) groups excluding carboxylic acids is 1. The fourth-order valence-corrected chi connectivity index (χ4v) is 3.32. The van der Waals surface area contributed by atoms with E-state index in [4.69, 9.17) is 11.6 Å². The molecule has 4 nitrogen and oxygen atoms in total. The lowest BCUT2D eigenvalue weighted by Gasteiger charge is -2.11. The molecule has 0 aliphatic heterocycles. The van der Waals surface area contributed by atoms with Crippen molar-refractivity contribution in [1.82, 2.24) is 9.97 Å². The molecule has 0 amide bonds. The fourth-order valence-electron chi connectivity index (χ4n) is 2.04. The summed E-state index contributed by atoms with van der Waals surface area (Å²) in [7, 11) is 0. The molecular formula is C16H11BrClN3OS. The maximum atomic E-state index is 12.7. The third-order valence-electron chi connectivity index (χ3n) is 3.10. The zero-order chi connectivity index (χ0) is 16.2. The number of nitrogens with one attached hydrogen (secondary N) is 1. The highest BCUT2D eigenvalue weighted by Gasteiger charge is 2.15. The minimum Gasteiger partial charge on any atom is -0.379 e. The number of halogens is 2. The molecule has 2 aromatic heterocycles. The molecule has 3 rings (SSSR count). The number of carbonyl (C=O) groups is 1. The number of thiazole rings is 1. The Kier molecular flexibility index (Phi) is 5.05. The van der Waals surface area contributed by atoms with Gasteiger partial charge in [0.1, 0.15) is 5.69 Å². The van der Waals surface area contributed by atoms with E-state index in [0.717, 1.165) is 15.0 Å². The lowest BCUT2D eigenvalue weighted by molar-refractivity contribution is 0.103. The first-order valence-corrected chi connectivity index (χ1v) is 8.71. The average Bonchev–Trinajstić information content (AvgIpc) is 2.99. The molecule has 1 aromatic carbocycles. The van der Waals surface area contributed by atoms with Gasteiger partial charge in [0.15, 0.2) is 4.47 Å². The van der Waals surface area contributed by atoms with Crippen molar-refractivity contribution in [3.8, 4) is 0 Å². The van der Waals surface area contributed by atoms with Gasteiger partial charge in [-0.1, -0.05) is 33.6 Å². The summed E-state index contributed by atoms with van der Waals surface area (Å²) in [6, 6.07) is 10.8. The minimum atomic E-state index is -0.128. The topological polar surface area (TPSA) is 54.9 Å². The fraction of sp³-hybridized carbons (Fsp3) is 0.0625. The van der Waals surface area contributed by atoms with Crippen molar-refractivity contribution in [2.24, 2.45) is 0 Å². The van der Waals surface area contributed by atoms with Crippen LogP contribution in [-0.2, 0) is 6.54 Å². The summed E-state index contributed by atoms with van der Waals surface area (Å²) in [5, 5.41) is 3.26. The van der Waals surface area contributed by atoms with Gasteiger partial charge in [-0.2, -0.15) is 0 Å². The molecule has 0 radical (unpaired) electrons. The Labute approximate surface area is 150 Å². The molecule has 0 saturated carbocycles. The van der Waals surface area contributed by atoms with Crippen LogP contribution in [-0.4, -0.2) is 15.8 Å². The summed E-state index contributed by atoms with van der Waals surface area (Å²) in [6.07, 6.45) is 3.33. The highest BCUT2D eigenvalue weighted by Crippen LogP contribution is 2.25. The van der Waals surface area contributed by atoms with Gasteiger partial charge >= 0.3 is 0 Å². The van der Waals surface area contributed by atoms with Crippen LogP contribution in [0.1, 0.15) is 20.9 Å². The third kappa shape index (κ3) is 3.96. The molecule has 0 saturated heterocycles. The SMILES string of the molecule is O=C(c1ccccn1)c1cc(Br)ccc1NCc1cnc(Cl)s1. The molecule has 116 valence electrons. The summed E-state index contributed by atoms with van der Waals surface area (Å²) in [4.78, 5) is 21.8. The van der Waals surface area contributed by atoms with Crippen molar-refractivity contribution in [2.75, 3.05) is 5.32 Å². The van der Waals surface area contributed by atoms with Gasteiger partial charge in [0, 0.05) is 33.0 Å². The van der Waals surface area contributed by atoms with E-state index in [9.17, 15) is 4.79 Å². The number of hydrogen-bond acceptors (Lipinski definition) is 5. The van der Waals surface area contributed by atoms with E-state index >= 15 is 0 Å². The molecule has 0 aliphatic rings. The summed E-state index contributed by atoms with van der Waals surface area (Å²) in [5.74, 6) is -0.128. The monoisotopic (exact) mass is 407 g/mol. The first-order chi connectivity index (χ1) is 11.1. The number of aromatic nitrogens is 2. The van der Waals surface area contributed by atoms with E-state index in [0.29, 0.717) is 22.3 Å². The quantitative estimate of drug-likeness (QED) is 0.616. The van der Waals surface area contributed by atoms with E-state index in [2.05, 4.69) is 31.2 Å². The van der Waals surface area contributed by atoms with Crippen LogP contribution in [0.25, 0.3) is 0 Å². The minimum absolute atomic E-state index is 0.128. The molecule has 23 heavy (non-hydrogen) atoms. The Balaban J connectivity index is 1.87. The molecular weight excluding hydrogens is 398 g/mol. The van der Waals surface area contributed by atoms with Crippen molar-refractivity contribution < 1.29 is 4.79 Å². The Morgan fingerprint density at radius 2 is 2.13 bits per heavy atom. The molecule has 7 heteroatoms. The number of ketones is 1. The standard InChI is InChI=1S/C16H11BrClN3OS/c17-10-4-5-13(20-8-11-9-21-16(18)23-11)12(7-10)15(22)14-3-1-2-6-19-14/h1-7,9,20H,8H2. The van der Waals surface area contributed by atoms with Gasteiger partial charge in [0.2, 0.25) is 5.78 Å². The smallest absolute Gasteiger partial charge is 0.213 e. The van der Waals surface area contributed by atoms with Gasteiger partial charge in [0.05, 0.1) is 6.54 Å². The van der Waals surface area contributed by atoms with Gasteiger partial charge < -0.3 is 5.32 Å². The van der Waals surface area contributed by atoms with Crippen LogP contribution in [0.3, 0.4) is 0 Å². The van der Waals surface area contributed by atoms with Gasteiger partial charge in [-0.3, -0.25) is 9.78 Å². The number of hydrogen-bond donors (Lipinski definition) is 1. The Morgan fingerprint density at radius 3 is 2.83 bits per heavy atom. The maximum Gasteiger partial charge on any atom is 0.213 e. The second-order valence-electron chi connectivity index (χ2n) is 4.67. The molecule has 2 heterocycles. The molecule has 0 unspecified atom stereocenters. The lowest BCUT2D eigenvalue weighted by atomic mass is 10.1. The van der Waals surface area contributed by atoms with Gasteiger partial charge in [-0.25, -0.2) is 4.98 Å². The molecule has 0 spiro atoms. The number of benzene rings is 1. The number of anilines is 1. The second kappa shape index (κ2) is 7.21. The first kappa shape index (κ1) is 16.1. The second-order valence-corrected chi connectivity index (χ2v) is 7.28. The summed E-state index contributed by atoms with van der Waals surface area (Å²) in [5.41, 5.74) is 1.72. The van der Waals surface area contributed by atoms with Crippen molar-refractivity contribution >= 4 is 50.3 Å². The van der Waals surface area contributed by atoms with Crippen LogP contribution in [0.15, 0.2) is 53.3 Å². The number of nitrogens with zero attached hydrogens (tertiary/aromatic N) is 2. The molecule has 1 N–H and O–H groups in total. The van der Waals surface area contributed by atoms with Gasteiger partial charge in [-0.05, 0) is 30.3 Å². The van der Waals surface area contributed by atoms with Crippen molar-refractivity contribution in [1.29, 1.82) is 0 Å². The van der Waals surface area contributed by atoms with Gasteiger partial charge in [-0.15, -0.1) is 11.3 Å². The Morgan fingerprint density at radius 1 is 1.26 bits per heavy atom.